The highest BCUT2D eigenvalue weighted by Gasteiger charge is 2.28. The molecule has 3 unspecified atom stereocenters. The molecule has 0 aromatic carbocycles. The van der Waals surface area contributed by atoms with Crippen LogP contribution in [0.2, 0.25) is 0 Å². The van der Waals surface area contributed by atoms with Crippen LogP contribution in [0.15, 0.2) is 24.3 Å². The van der Waals surface area contributed by atoms with Gasteiger partial charge in [0, 0.05) is 12.8 Å². The van der Waals surface area contributed by atoms with Gasteiger partial charge in [-0.3, -0.25) is 18.6 Å². The molecule has 56 heavy (non-hydrogen) atoms. The highest BCUT2D eigenvalue weighted by molar-refractivity contribution is 7.47. The van der Waals surface area contributed by atoms with Gasteiger partial charge in [0.05, 0.1) is 13.2 Å². The van der Waals surface area contributed by atoms with E-state index < -0.39 is 57.6 Å². The molecular formula is C44H82NO10P. The maximum atomic E-state index is 12.3. The van der Waals surface area contributed by atoms with Gasteiger partial charge in [-0.05, 0) is 44.9 Å². The number of phosphoric acid groups is 1. The summed E-state index contributed by atoms with van der Waals surface area (Å²) in [5, 5.41) is 21.8. The van der Waals surface area contributed by atoms with E-state index >= 15 is 0 Å². The minimum Gasteiger partial charge on any atom is -0.480 e. The number of aliphatic hydroxyl groups excluding tert-OH is 1. The molecule has 0 aliphatic carbocycles. The summed E-state index contributed by atoms with van der Waals surface area (Å²) >= 11 is 0. The van der Waals surface area contributed by atoms with E-state index in [0.717, 1.165) is 57.8 Å². The van der Waals surface area contributed by atoms with E-state index in [4.69, 9.17) is 13.8 Å². The maximum absolute atomic E-state index is 12.3. The zero-order chi connectivity index (χ0) is 41.4. The number of phosphoric ester groups is 1. The monoisotopic (exact) mass is 816 g/mol. The van der Waals surface area contributed by atoms with Gasteiger partial charge < -0.3 is 25.2 Å². The molecule has 328 valence electrons. The molecule has 0 rings (SSSR count). The fraction of sp³-hybridized carbons (Fsp3) is 0.841. The number of aliphatic hydroxyl groups is 1. The topological polar surface area (TPSA) is 169 Å². The molecule has 0 aliphatic rings. The number of nitrogens with one attached hydrogen (secondary N) is 1. The molecule has 0 bridgehead atoms. The van der Waals surface area contributed by atoms with Gasteiger partial charge in [0.1, 0.15) is 12.7 Å². The van der Waals surface area contributed by atoms with Crippen LogP contribution in [0.1, 0.15) is 206 Å². The number of unbranched alkanes of at least 4 members (excludes halogenated alkanes) is 24. The molecule has 0 aliphatic heterocycles. The Bertz CT molecular complexity index is 1050. The molecule has 11 nitrogen and oxygen atoms in total. The number of hydrogen-bond donors (Lipinski definition) is 4. The Labute approximate surface area is 340 Å². The summed E-state index contributed by atoms with van der Waals surface area (Å²) < 4.78 is 26.8. The SMILES string of the molecule is CCCCC/C=C\C/C=C\CCCCCCCCCCCC(=O)NC(COP(=O)(O)OCC(O)COC(=O)CCCCCCCCCCCCCCC)C(=O)O. The van der Waals surface area contributed by atoms with Crippen molar-refractivity contribution in [1.29, 1.82) is 0 Å². The molecular weight excluding hydrogens is 733 g/mol. The summed E-state index contributed by atoms with van der Waals surface area (Å²) in [5.74, 6) is -2.37. The third kappa shape index (κ3) is 38.8. The van der Waals surface area contributed by atoms with Crippen molar-refractivity contribution in [3.05, 3.63) is 24.3 Å². The number of ether oxygens (including phenoxy) is 1. The first-order valence-electron chi connectivity index (χ1n) is 22.4. The van der Waals surface area contributed by atoms with Crippen molar-refractivity contribution in [3.63, 3.8) is 0 Å². The van der Waals surface area contributed by atoms with Crippen LogP contribution in [-0.4, -0.2) is 64.9 Å². The lowest BCUT2D eigenvalue weighted by Crippen LogP contribution is -2.43. The molecule has 12 heteroatoms. The molecule has 0 radical (unpaired) electrons. The van der Waals surface area contributed by atoms with Gasteiger partial charge in [-0.15, -0.1) is 0 Å². The van der Waals surface area contributed by atoms with E-state index in [1.165, 1.54) is 109 Å². The molecule has 0 aromatic heterocycles. The van der Waals surface area contributed by atoms with E-state index in [1.54, 1.807) is 0 Å². The van der Waals surface area contributed by atoms with Crippen LogP contribution in [0.4, 0.5) is 0 Å². The van der Waals surface area contributed by atoms with E-state index in [9.17, 15) is 34.1 Å². The van der Waals surface area contributed by atoms with E-state index in [-0.39, 0.29) is 12.8 Å². The number of allylic oxidation sites excluding steroid dienone is 4. The first kappa shape index (κ1) is 54.0. The van der Waals surface area contributed by atoms with Crippen LogP contribution in [0.25, 0.3) is 0 Å². The molecule has 3 atom stereocenters. The highest BCUT2D eigenvalue weighted by atomic mass is 31.2. The van der Waals surface area contributed by atoms with Gasteiger partial charge in [0.2, 0.25) is 5.91 Å². The second kappa shape index (κ2) is 39.8. The van der Waals surface area contributed by atoms with E-state index in [0.29, 0.717) is 12.8 Å². The summed E-state index contributed by atoms with van der Waals surface area (Å²) in [6.45, 7) is 2.58. The quantitative estimate of drug-likeness (QED) is 0.0201. The summed E-state index contributed by atoms with van der Waals surface area (Å²) in [5.41, 5.74) is 0. The fourth-order valence-electron chi connectivity index (χ4n) is 6.23. The molecule has 4 N–H and O–H groups in total. The van der Waals surface area contributed by atoms with Gasteiger partial charge in [0.15, 0.2) is 6.04 Å². The number of amides is 1. The number of rotatable bonds is 42. The van der Waals surface area contributed by atoms with Crippen LogP contribution in [0.5, 0.6) is 0 Å². The second-order valence-electron chi connectivity index (χ2n) is 15.2. The Morgan fingerprint density at radius 1 is 0.571 bits per heavy atom. The maximum Gasteiger partial charge on any atom is 0.472 e. The van der Waals surface area contributed by atoms with Gasteiger partial charge in [0.25, 0.3) is 0 Å². The fourth-order valence-corrected chi connectivity index (χ4v) is 7.00. The average molecular weight is 816 g/mol. The standard InChI is InChI=1S/C44H82NO10P/c1-3-5-7-9-11-13-15-17-18-19-20-21-22-24-25-27-29-31-33-35-42(47)45-41(44(49)50)39-55-56(51,52)54-38-40(46)37-53-43(48)36-34-32-30-28-26-23-16-14-12-10-8-6-4-2/h11,13,17-18,40-41,46H,3-10,12,14-16,19-39H2,1-2H3,(H,45,47)(H,49,50)(H,51,52)/b13-11-,18-17-. The van der Waals surface area contributed by atoms with Crippen molar-refractivity contribution in [2.24, 2.45) is 0 Å². The van der Waals surface area contributed by atoms with Crippen molar-refractivity contribution in [2.45, 2.75) is 219 Å². The molecule has 0 saturated heterocycles. The minimum absolute atomic E-state index is 0.142. The van der Waals surface area contributed by atoms with Crippen molar-refractivity contribution >= 4 is 25.7 Å². The number of carboxylic acids is 1. The van der Waals surface area contributed by atoms with E-state index in [1.807, 2.05) is 0 Å². The predicted octanol–water partition coefficient (Wildman–Crippen LogP) is 11.4. The van der Waals surface area contributed by atoms with Gasteiger partial charge in [-0.25, -0.2) is 9.36 Å². The summed E-state index contributed by atoms with van der Waals surface area (Å²) in [4.78, 5) is 45.9. The normalized spacial score (nSPS) is 13.9. The first-order chi connectivity index (χ1) is 27.1. The number of hydrogen-bond acceptors (Lipinski definition) is 8. The lowest BCUT2D eigenvalue weighted by Gasteiger charge is -2.18. The molecule has 0 aromatic rings. The zero-order valence-corrected chi connectivity index (χ0v) is 36.3. The van der Waals surface area contributed by atoms with Crippen LogP contribution in [0, 0.1) is 0 Å². The van der Waals surface area contributed by atoms with Crippen molar-refractivity contribution in [2.75, 3.05) is 19.8 Å². The molecule has 0 heterocycles. The van der Waals surface area contributed by atoms with Crippen LogP contribution in [-0.2, 0) is 32.7 Å². The van der Waals surface area contributed by atoms with Gasteiger partial charge in [-0.1, -0.05) is 173 Å². The number of carbonyl (C=O) groups excluding carboxylic acids is 2. The molecule has 0 saturated carbocycles. The lowest BCUT2D eigenvalue weighted by molar-refractivity contribution is -0.147. The summed E-state index contributed by atoms with van der Waals surface area (Å²) in [6, 6.07) is -1.55. The van der Waals surface area contributed by atoms with Crippen molar-refractivity contribution in [1.82, 2.24) is 5.32 Å². The summed E-state index contributed by atoms with van der Waals surface area (Å²) in [6.07, 6.45) is 40.5. The van der Waals surface area contributed by atoms with Crippen molar-refractivity contribution < 1.29 is 47.8 Å². The molecule has 0 spiro atoms. The Balaban J connectivity index is 3.89. The van der Waals surface area contributed by atoms with Gasteiger partial charge in [-0.2, -0.15) is 0 Å². The zero-order valence-electron chi connectivity index (χ0n) is 35.4. The van der Waals surface area contributed by atoms with Gasteiger partial charge >= 0.3 is 19.8 Å². The second-order valence-corrected chi connectivity index (χ2v) is 16.7. The first-order valence-corrected chi connectivity index (χ1v) is 23.9. The Morgan fingerprint density at radius 2 is 0.982 bits per heavy atom. The predicted molar refractivity (Wildman–Crippen MR) is 226 cm³/mol. The summed E-state index contributed by atoms with van der Waals surface area (Å²) in [7, 11) is -4.75. The average Bonchev–Trinajstić information content (AvgIpc) is 3.17. The molecule has 1 amide bonds. The van der Waals surface area contributed by atoms with E-state index in [2.05, 4.69) is 43.5 Å². The number of carbonyl (C=O) groups is 3. The molecule has 0 fully saturated rings. The largest absolute Gasteiger partial charge is 0.480 e. The third-order valence-corrected chi connectivity index (χ3v) is 10.7. The van der Waals surface area contributed by atoms with Crippen molar-refractivity contribution in [3.8, 4) is 0 Å². The lowest BCUT2D eigenvalue weighted by atomic mass is 10.0. The smallest absolute Gasteiger partial charge is 0.472 e. The third-order valence-electron chi connectivity index (χ3n) is 9.74. The minimum atomic E-state index is -4.75. The Hall–Kier alpha value is -2.04. The Kier molecular flexibility index (Phi) is 38.3. The number of carboxylic acid groups (broad SMARTS) is 1. The highest BCUT2D eigenvalue weighted by Crippen LogP contribution is 2.43. The Morgan fingerprint density at radius 3 is 1.48 bits per heavy atom. The number of aliphatic carboxylic acids is 1. The van der Waals surface area contributed by atoms with Crippen LogP contribution in [0.3, 0.4) is 0 Å². The van der Waals surface area contributed by atoms with Crippen LogP contribution >= 0.6 is 7.82 Å². The number of esters is 1. The van der Waals surface area contributed by atoms with Crippen LogP contribution < -0.4 is 5.32 Å².